The Morgan fingerprint density at radius 2 is 2.14 bits per heavy atom. The molecule has 2 aliphatic rings. The number of amides is 2. The van der Waals surface area contributed by atoms with Gasteiger partial charge < -0.3 is 19.7 Å². The van der Waals surface area contributed by atoms with Crippen molar-refractivity contribution < 1.29 is 19.1 Å². The van der Waals surface area contributed by atoms with Crippen LogP contribution < -0.4 is 5.32 Å². The van der Waals surface area contributed by atoms with Crippen molar-refractivity contribution >= 4 is 12.0 Å². The summed E-state index contributed by atoms with van der Waals surface area (Å²) < 4.78 is 10.6. The molecule has 1 unspecified atom stereocenters. The van der Waals surface area contributed by atoms with E-state index in [1.165, 1.54) is 0 Å². The summed E-state index contributed by atoms with van der Waals surface area (Å²) in [5.41, 5.74) is 0. The summed E-state index contributed by atoms with van der Waals surface area (Å²) in [6.45, 7) is 6.18. The van der Waals surface area contributed by atoms with Crippen molar-refractivity contribution in [2.75, 3.05) is 26.3 Å². The van der Waals surface area contributed by atoms with Gasteiger partial charge in [0.15, 0.2) is 0 Å². The minimum Gasteiger partial charge on any atom is -0.466 e. The highest BCUT2D eigenvalue weighted by molar-refractivity contribution is 5.76. The fraction of sp³-hybridized carbons (Fsp3) is 0.867. The predicted molar refractivity (Wildman–Crippen MR) is 77.9 cm³/mol. The first-order valence-electron chi connectivity index (χ1n) is 7.97. The Bertz CT molecular complexity index is 375. The monoisotopic (exact) mass is 298 g/mol. The van der Waals surface area contributed by atoms with Crippen LogP contribution in [0.1, 0.15) is 39.5 Å². The number of nitrogens with zero attached hydrogens (tertiary/aromatic N) is 1. The van der Waals surface area contributed by atoms with Gasteiger partial charge >= 0.3 is 12.0 Å². The average Bonchev–Trinajstić information content (AvgIpc) is 2.96. The van der Waals surface area contributed by atoms with Crippen LogP contribution in [0.3, 0.4) is 0 Å². The van der Waals surface area contributed by atoms with Crippen LogP contribution in [0.2, 0.25) is 0 Å². The normalized spacial score (nSPS) is 29.2. The highest BCUT2D eigenvalue weighted by Gasteiger charge is 2.33. The number of nitrogens with one attached hydrogen (secondary N) is 1. The Labute approximate surface area is 126 Å². The zero-order valence-electron chi connectivity index (χ0n) is 13.0. The lowest BCUT2D eigenvalue weighted by molar-refractivity contribution is -0.147. The Kier molecular flexibility index (Phi) is 5.85. The Morgan fingerprint density at radius 3 is 2.86 bits per heavy atom. The summed E-state index contributed by atoms with van der Waals surface area (Å²) >= 11 is 0. The highest BCUT2D eigenvalue weighted by atomic mass is 16.5. The molecule has 0 bridgehead atoms. The molecule has 3 atom stereocenters. The van der Waals surface area contributed by atoms with Crippen LogP contribution in [-0.4, -0.2) is 55.3 Å². The van der Waals surface area contributed by atoms with E-state index in [2.05, 4.69) is 12.2 Å². The van der Waals surface area contributed by atoms with E-state index in [-0.39, 0.29) is 30.1 Å². The van der Waals surface area contributed by atoms with E-state index >= 15 is 0 Å². The van der Waals surface area contributed by atoms with Crippen LogP contribution in [0.4, 0.5) is 4.79 Å². The minimum atomic E-state index is -0.133. The maximum atomic E-state index is 12.3. The molecular weight excluding hydrogens is 272 g/mol. The summed E-state index contributed by atoms with van der Waals surface area (Å²) in [5, 5.41) is 3.04. The topological polar surface area (TPSA) is 67.9 Å². The molecule has 1 saturated carbocycles. The summed E-state index contributed by atoms with van der Waals surface area (Å²) in [4.78, 5) is 25.8. The standard InChI is InChI=1S/C15H26N2O4/c1-3-13-10-17(7-8-21-13)15(19)16-12-6-5-11(9-12)14(18)20-4-2/h11-13H,3-10H2,1-2H3,(H,16,19)/t11-,12+,13?/m1/s1. The molecular formula is C15H26N2O4. The van der Waals surface area contributed by atoms with Crippen molar-refractivity contribution in [1.29, 1.82) is 0 Å². The van der Waals surface area contributed by atoms with Crippen molar-refractivity contribution in [2.24, 2.45) is 5.92 Å². The molecule has 0 aromatic rings. The first-order valence-corrected chi connectivity index (χ1v) is 7.97. The molecule has 2 fully saturated rings. The zero-order valence-corrected chi connectivity index (χ0v) is 13.0. The first kappa shape index (κ1) is 16.1. The molecule has 6 nitrogen and oxygen atoms in total. The second kappa shape index (κ2) is 7.64. The molecule has 0 spiro atoms. The molecule has 1 N–H and O–H groups in total. The van der Waals surface area contributed by atoms with E-state index in [9.17, 15) is 9.59 Å². The predicted octanol–water partition coefficient (Wildman–Crippen LogP) is 1.54. The van der Waals surface area contributed by atoms with Crippen molar-refractivity contribution in [3.63, 3.8) is 0 Å². The van der Waals surface area contributed by atoms with Crippen LogP contribution in [0.25, 0.3) is 0 Å². The fourth-order valence-corrected chi connectivity index (χ4v) is 3.00. The summed E-state index contributed by atoms with van der Waals surface area (Å²) in [6, 6.07) is 0.0427. The van der Waals surface area contributed by atoms with Gasteiger partial charge in [0, 0.05) is 19.1 Å². The van der Waals surface area contributed by atoms with Gasteiger partial charge in [0.25, 0.3) is 0 Å². The molecule has 1 heterocycles. The maximum Gasteiger partial charge on any atom is 0.317 e. The number of hydrogen-bond donors (Lipinski definition) is 1. The molecule has 2 amide bonds. The number of carbonyl (C=O) groups is 2. The van der Waals surface area contributed by atoms with Gasteiger partial charge in [0.2, 0.25) is 0 Å². The lowest BCUT2D eigenvalue weighted by Gasteiger charge is -2.33. The number of rotatable bonds is 4. The Hall–Kier alpha value is -1.30. The third-order valence-electron chi connectivity index (χ3n) is 4.26. The summed E-state index contributed by atoms with van der Waals surface area (Å²) in [7, 11) is 0. The van der Waals surface area contributed by atoms with Crippen molar-refractivity contribution in [1.82, 2.24) is 10.2 Å². The van der Waals surface area contributed by atoms with Gasteiger partial charge in [0.1, 0.15) is 0 Å². The quantitative estimate of drug-likeness (QED) is 0.799. The molecule has 21 heavy (non-hydrogen) atoms. The Morgan fingerprint density at radius 1 is 1.33 bits per heavy atom. The van der Waals surface area contributed by atoms with Crippen molar-refractivity contribution in [3.05, 3.63) is 0 Å². The molecule has 6 heteroatoms. The minimum absolute atomic E-state index is 0.0359. The van der Waals surface area contributed by atoms with E-state index in [1.807, 2.05) is 11.8 Å². The third kappa shape index (κ3) is 4.33. The first-order chi connectivity index (χ1) is 10.1. The number of morpholine rings is 1. The SMILES string of the molecule is CCOC(=O)[C@@H]1CC[C@H](NC(=O)N2CCOC(CC)C2)C1. The van der Waals surface area contributed by atoms with Gasteiger partial charge in [-0.3, -0.25) is 4.79 Å². The molecule has 1 aliphatic heterocycles. The van der Waals surface area contributed by atoms with Crippen LogP contribution in [0.5, 0.6) is 0 Å². The number of esters is 1. The van der Waals surface area contributed by atoms with Crippen LogP contribution in [0.15, 0.2) is 0 Å². The number of ether oxygens (including phenoxy) is 2. The number of carbonyl (C=O) groups excluding carboxylic acids is 2. The number of hydrogen-bond acceptors (Lipinski definition) is 4. The van der Waals surface area contributed by atoms with Crippen LogP contribution in [0, 0.1) is 5.92 Å². The third-order valence-corrected chi connectivity index (χ3v) is 4.26. The second-order valence-corrected chi connectivity index (χ2v) is 5.76. The Balaban J connectivity index is 1.77. The van der Waals surface area contributed by atoms with Gasteiger partial charge in [-0.25, -0.2) is 4.79 Å². The highest BCUT2D eigenvalue weighted by Crippen LogP contribution is 2.27. The lowest BCUT2D eigenvalue weighted by Crippen LogP contribution is -2.51. The largest absolute Gasteiger partial charge is 0.466 e. The van der Waals surface area contributed by atoms with E-state index in [0.717, 1.165) is 19.3 Å². The fourth-order valence-electron chi connectivity index (χ4n) is 3.00. The molecule has 120 valence electrons. The zero-order chi connectivity index (χ0) is 15.2. The van der Waals surface area contributed by atoms with Gasteiger partial charge in [-0.1, -0.05) is 6.92 Å². The van der Waals surface area contributed by atoms with Crippen LogP contribution in [-0.2, 0) is 14.3 Å². The average molecular weight is 298 g/mol. The van der Waals surface area contributed by atoms with Crippen LogP contribution >= 0.6 is 0 Å². The van der Waals surface area contributed by atoms with E-state index in [4.69, 9.17) is 9.47 Å². The lowest BCUT2D eigenvalue weighted by atomic mass is 10.1. The van der Waals surface area contributed by atoms with Gasteiger partial charge in [0.05, 0.1) is 25.2 Å². The van der Waals surface area contributed by atoms with E-state index < -0.39 is 0 Å². The maximum absolute atomic E-state index is 12.3. The van der Waals surface area contributed by atoms with E-state index in [1.54, 1.807) is 0 Å². The number of urea groups is 1. The second-order valence-electron chi connectivity index (χ2n) is 5.76. The molecule has 1 aliphatic carbocycles. The molecule has 0 radical (unpaired) electrons. The van der Waals surface area contributed by atoms with Crippen molar-refractivity contribution in [3.8, 4) is 0 Å². The molecule has 0 aromatic heterocycles. The van der Waals surface area contributed by atoms with Gasteiger partial charge in [-0.05, 0) is 32.6 Å². The molecule has 1 saturated heterocycles. The van der Waals surface area contributed by atoms with Gasteiger partial charge in [-0.15, -0.1) is 0 Å². The smallest absolute Gasteiger partial charge is 0.317 e. The summed E-state index contributed by atoms with van der Waals surface area (Å²) in [5.74, 6) is -0.199. The van der Waals surface area contributed by atoms with Gasteiger partial charge in [-0.2, -0.15) is 0 Å². The van der Waals surface area contributed by atoms with E-state index in [0.29, 0.717) is 32.7 Å². The molecule has 2 rings (SSSR count). The summed E-state index contributed by atoms with van der Waals surface area (Å²) in [6.07, 6.45) is 3.38. The van der Waals surface area contributed by atoms with Crippen molar-refractivity contribution in [2.45, 2.75) is 51.7 Å². The molecule has 0 aromatic carbocycles.